The van der Waals surface area contributed by atoms with Crippen molar-refractivity contribution in [1.82, 2.24) is 0 Å². The van der Waals surface area contributed by atoms with Crippen LogP contribution in [-0.4, -0.2) is 26.2 Å². The molecule has 0 amide bonds. The lowest BCUT2D eigenvalue weighted by molar-refractivity contribution is -0.159. The van der Waals surface area contributed by atoms with Crippen LogP contribution in [0.2, 0.25) is 0 Å². The van der Waals surface area contributed by atoms with Gasteiger partial charge in [0.05, 0.1) is 14.2 Å². The summed E-state index contributed by atoms with van der Waals surface area (Å²) in [6.07, 6.45) is 3.72. The lowest BCUT2D eigenvalue weighted by Gasteiger charge is -2.21. The second-order valence-corrected chi connectivity index (χ2v) is 5.23. The molecule has 0 fully saturated rings. The van der Waals surface area contributed by atoms with E-state index >= 15 is 0 Å². The molecule has 124 valence electrons. The maximum atomic E-state index is 12.2. The van der Waals surface area contributed by atoms with E-state index in [2.05, 4.69) is 0 Å². The van der Waals surface area contributed by atoms with Crippen LogP contribution >= 0.6 is 0 Å². The molecule has 0 radical (unpaired) electrons. The first-order valence-corrected chi connectivity index (χ1v) is 7.61. The minimum absolute atomic E-state index is 0.480. The van der Waals surface area contributed by atoms with Gasteiger partial charge in [-0.3, -0.25) is 9.59 Å². The standard InChI is InChI=1S/C20H20O4/c1-23-19(21)18(20(22)24-2)17(16-11-7-4-8-12-16)14-13-15-9-5-3-6-10-15/h3-14,17-18H,1-2H3/t17-/m0/s1. The Hall–Kier alpha value is -2.88. The largest absolute Gasteiger partial charge is 0.468 e. The van der Waals surface area contributed by atoms with Crippen LogP contribution in [0.1, 0.15) is 17.0 Å². The van der Waals surface area contributed by atoms with E-state index in [-0.39, 0.29) is 0 Å². The van der Waals surface area contributed by atoms with Crippen molar-refractivity contribution in [3.8, 4) is 0 Å². The van der Waals surface area contributed by atoms with E-state index in [1.165, 1.54) is 14.2 Å². The number of benzene rings is 2. The Morgan fingerprint density at radius 1 is 0.833 bits per heavy atom. The molecule has 4 nitrogen and oxygen atoms in total. The summed E-state index contributed by atoms with van der Waals surface area (Å²) in [5.74, 6) is -2.77. The van der Waals surface area contributed by atoms with Crippen molar-refractivity contribution in [2.24, 2.45) is 5.92 Å². The highest BCUT2D eigenvalue weighted by Gasteiger charge is 2.36. The molecular formula is C20H20O4. The highest BCUT2D eigenvalue weighted by molar-refractivity contribution is 5.96. The first-order chi connectivity index (χ1) is 11.7. The number of carbonyl (C=O) groups is 2. The SMILES string of the molecule is COC(=O)C(C(=O)OC)[C@@H](C=Cc1ccccc1)c1ccccc1. The van der Waals surface area contributed by atoms with E-state index in [9.17, 15) is 9.59 Å². The molecule has 0 spiro atoms. The Morgan fingerprint density at radius 3 is 1.83 bits per heavy atom. The highest BCUT2D eigenvalue weighted by atomic mass is 16.5. The molecule has 0 aliphatic carbocycles. The van der Waals surface area contributed by atoms with Crippen LogP contribution in [0.25, 0.3) is 6.08 Å². The third-order valence-corrected chi connectivity index (χ3v) is 3.75. The van der Waals surface area contributed by atoms with Gasteiger partial charge in [-0.05, 0) is 11.1 Å². The van der Waals surface area contributed by atoms with Crippen molar-refractivity contribution >= 4 is 18.0 Å². The van der Waals surface area contributed by atoms with Gasteiger partial charge in [-0.15, -0.1) is 0 Å². The predicted octanol–water partition coefficient (Wildman–Crippen LogP) is 3.45. The molecule has 1 atom stereocenters. The number of methoxy groups -OCH3 is 2. The van der Waals surface area contributed by atoms with Gasteiger partial charge in [-0.1, -0.05) is 72.8 Å². The van der Waals surface area contributed by atoms with E-state index in [4.69, 9.17) is 9.47 Å². The van der Waals surface area contributed by atoms with Gasteiger partial charge in [0.15, 0.2) is 5.92 Å². The summed E-state index contributed by atoms with van der Waals surface area (Å²) < 4.78 is 9.63. The van der Waals surface area contributed by atoms with Gasteiger partial charge in [-0.2, -0.15) is 0 Å². The quantitative estimate of drug-likeness (QED) is 0.603. The topological polar surface area (TPSA) is 52.6 Å². The van der Waals surface area contributed by atoms with E-state index in [1.54, 1.807) is 0 Å². The summed E-state index contributed by atoms with van der Waals surface area (Å²) in [7, 11) is 2.53. The Kier molecular flexibility index (Phi) is 6.32. The van der Waals surface area contributed by atoms with Crippen LogP contribution in [0.4, 0.5) is 0 Å². The molecule has 4 heteroatoms. The zero-order valence-electron chi connectivity index (χ0n) is 13.7. The highest BCUT2D eigenvalue weighted by Crippen LogP contribution is 2.29. The minimum atomic E-state index is -1.05. The molecule has 0 N–H and O–H groups in total. The second-order valence-electron chi connectivity index (χ2n) is 5.23. The average molecular weight is 324 g/mol. The number of ether oxygens (including phenoxy) is 2. The fourth-order valence-corrected chi connectivity index (χ4v) is 2.51. The number of hydrogen-bond donors (Lipinski definition) is 0. The normalized spacial score (nSPS) is 12.1. The van der Waals surface area contributed by atoms with Crippen molar-refractivity contribution in [2.45, 2.75) is 5.92 Å². The lowest BCUT2D eigenvalue weighted by Crippen LogP contribution is -2.31. The number of rotatable bonds is 6. The number of carbonyl (C=O) groups excluding carboxylic acids is 2. The predicted molar refractivity (Wildman–Crippen MR) is 92.2 cm³/mol. The Bertz CT molecular complexity index is 676. The Balaban J connectivity index is 2.43. The van der Waals surface area contributed by atoms with E-state index in [0.717, 1.165) is 11.1 Å². The minimum Gasteiger partial charge on any atom is -0.468 e. The molecule has 0 heterocycles. The van der Waals surface area contributed by atoms with Crippen molar-refractivity contribution in [2.75, 3.05) is 14.2 Å². The van der Waals surface area contributed by atoms with Crippen molar-refractivity contribution in [1.29, 1.82) is 0 Å². The van der Waals surface area contributed by atoms with Crippen molar-refractivity contribution in [3.63, 3.8) is 0 Å². The maximum Gasteiger partial charge on any atom is 0.321 e. The first-order valence-electron chi connectivity index (χ1n) is 7.61. The lowest BCUT2D eigenvalue weighted by atomic mass is 9.85. The summed E-state index contributed by atoms with van der Waals surface area (Å²) >= 11 is 0. The van der Waals surface area contributed by atoms with Crippen LogP contribution < -0.4 is 0 Å². The van der Waals surface area contributed by atoms with Crippen molar-refractivity contribution < 1.29 is 19.1 Å². The molecule has 2 rings (SSSR count). The van der Waals surface area contributed by atoms with Crippen LogP contribution in [0.15, 0.2) is 66.7 Å². The smallest absolute Gasteiger partial charge is 0.321 e. The fourth-order valence-electron chi connectivity index (χ4n) is 2.51. The zero-order chi connectivity index (χ0) is 17.4. The Labute approximate surface area is 141 Å². The van der Waals surface area contributed by atoms with Crippen LogP contribution in [0, 0.1) is 5.92 Å². The van der Waals surface area contributed by atoms with Gasteiger partial charge in [0.1, 0.15) is 0 Å². The molecule has 0 saturated heterocycles. The molecule has 2 aromatic carbocycles. The summed E-state index contributed by atoms with van der Waals surface area (Å²) in [5, 5.41) is 0. The summed E-state index contributed by atoms with van der Waals surface area (Å²) in [6, 6.07) is 19.0. The van der Waals surface area contributed by atoms with Crippen LogP contribution in [0.5, 0.6) is 0 Å². The number of hydrogen-bond acceptors (Lipinski definition) is 4. The van der Waals surface area contributed by atoms with E-state index in [1.807, 2.05) is 72.8 Å². The summed E-state index contributed by atoms with van der Waals surface area (Å²) in [5.41, 5.74) is 1.82. The van der Waals surface area contributed by atoms with E-state index < -0.39 is 23.8 Å². The third kappa shape index (κ3) is 4.32. The number of esters is 2. The molecule has 0 bridgehead atoms. The fraction of sp³-hybridized carbons (Fsp3) is 0.200. The molecule has 2 aromatic rings. The van der Waals surface area contributed by atoms with Gasteiger partial charge >= 0.3 is 11.9 Å². The van der Waals surface area contributed by atoms with Gasteiger partial charge in [-0.25, -0.2) is 0 Å². The van der Waals surface area contributed by atoms with Gasteiger partial charge in [0.25, 0.3) is 0 Å². The molecule has 0 saturated carbocycles. The van der Waals surface area contributed by atoms with Gasteiger partial charge in [0, 0.05) is 5.92 Å². The maximum absolute atomic E-state index is 12.2. The second kappa shape index (κ2) is 8.67. The Morgan fingerprint density at radius 2 is 1.33 bits per heavy atom. The van der Waals surface area contributed by atoms with E-state index in [0.29, 0.717) is 0 Å². The van der Waals surface area contributed by atoms with Gasteiger partial charge < -0.3 is 9.47 Å². The van der Waals surface area contributed by atoms with Crippen LogP contribution in [-0.2, 0) is 19.1 Å². The molecule has 0 unspecified atom stereocenters. The monoisotopic (exact) mass is 324 g/mol. The summed E-state index contributed by atoms with van der Waals surface area (Å²) in [6.45, 7) is 0. The third-order valence-electron chi connectivity index (χ3n) is 3.75. The van der Waals surface area contributed by atoms with Gasteiger partial charge in [0.2, 0.25) is 0 Å². The molecule has 0 aromatic heterocycles. The molecule has 24 heavy (non-hydrogen) atoms. The number of allylic oxidation sites excluding steroid dienone is 1. The zero-order valence-corrected chi connectivity index (χ0v) is 13.7. The molecule has 0 aliphatic heterocycles. The first kappa shape index (κ1) is 17.5. The average Bonchev–Trinajstić information content (AvgIpc) is 2.65. The summed E-state index contributed by atoms with van der Waals surface area (Å²) in [4.78, 5) is 24.4. The van der Waals surface area contributed by atoms with Crippen LogP contribution in [0.3, 0.4) is 0 Å². The van der Waals surface area contributed by atoms with Crippen molar-refractivity contribution in [3.05, 3.63) is 77.9 Å². The molecule has 0 aliphatic rings. The molecular weight excluding hydrogens is 304 g/mol.